The highest BCUT2D eigenvalue weighted by molar-refractivity contribution is 5.84. The molecule has 0 bridgehead atoms. The van der Waals surface area contributed by atoms with Gasteiger partial charge in [0.25, 0.3) is 5.56 Å². The summed E-state index contributed by atoms with van der Waals surface area (Å²) in [6.45, 7) is 4.66. The number of hydrogen-bond acceptors (Lipinski definition) is 5. The average molecular weight is 420 g/mol. The van der Waals surface area contributed by atoms with Gasteiger partial charge in [0.15, 0.2) is 0 Å². The first-order chi connectivity index (χ1) is 15.1. The fraction of sp³-hybridized carbons (Fsp3) is 0.417. The highest BCUT2D eigenvalue weighted by Crippen LogP contribution is 2.17. The van der Waals surface area contributed by atoms with Crippen molar-refractivity contribution in [1.82, 2.24) is 25.0 Å². The van der Waals surface area contributed by atoms with Crippen molar-refractivity contribution in [3.05, 3.63) is 70.4 Å². The van der Waals surface area contributed by atoms with E-state index in [-0.39, 0.29) is 18.0 Å². The summed E-state index contributed by atoms with van der Waals surface area (Å²) in [5.74, 6) is -0.190. The van der Waals surface area contributed by atoms with Crippen LogP contribution >= 0.6 is 0 Å². The maximum absolute atomic E-state index is 12.9. The highest BCUT2D eigenvalue weighted by atomic mass is 16.2. The molecule has 31 heavy (non-hydrogen) atoms. The summed E-state index contributed by atoms with van der Waals surface area (Å²) in [6.07, 6.45) is 7.76. The summed E-state index contributed by atoms with van der Waals surface area (Å²) in [7, 11) is 0. The van der Waals surface area contributed by atoms with Crippen LogP contribution < -0.4 is 10.9 Å². The lowest BCUT2D eigenvalue weighted by molar-refractivity contribution is -0.122. The number of benzene rings is 1. The molecular weight excluding hydrogens is 390 g/mol. The van der Waals surface area contributed by atoms with Crippen LogP contribution in [0.1, 0.15) is 37.4 Å². The third-order valence-electron chi connectivity index (χ3n) is 6.02. The minimum atomic E-state index is -0.242. The van der Waals surface area contributed by atoms with E-state index in [1.54, 1.807) is 18.5 Å². The van der Waals surface area contributed by atoms with Crippen LogP contribution in [-0.2, 0) is 17.8 Å². The summed E-state index contributed by atoms with van der Waals surface area (Å²) >= 11 is 0. The topological polar surface area (TPSA) is 80.1 Å². The summed E-state index contributed by atoms with van der Waals surface area (Å²) < 4.78 is 1.29. The van der Waals surface area contributed by atoms with Crippen molar-refractivity contribution in [1.29, 1.82) is 0 Å². The summed E-state index contributed by atoms with van der Waals surface area (Å²) in [6, 6.07) is 11.9. The fourth-order valence-electron chi connectivity index (χ4n) is 4.26. The number of aromatic nitrogens is 3. The molecule has 0 saturated carbocycles. The quantitative estimate of drug-likeness (QED) is 0.636. The number of likely N-dealkylation sites (tertiary alicyclic amines) is 1. The van der Waals surface area contributed by atoms with Crippen molar-refractivity contribution in [3.8, 4) is 0 Å². The van der Waals surface area contributed by atoms with Crippen LogP contribution in [0.25, 0.3) is 10.8 Å². The van der Waals surface area contributed by atoms with Crippen LogP contribution in [0.4, 0.5) is 0 Å². The average Bonchev–Trinajstić information content (AvgIpc) is 2.79. The Kier molecular flexibility index (Phi) is 6.72. The summed E-state index contributed by atoms with van der Waals surface area (Å²) in [4.78, 5) is 32.0. The third kappa shape index (κ3) is 5.17. The zero-order valence-corrected chi connectivity index (χ0v) is 18.0. The Labute approximate surface area is 182 Å². The second-order valence-electron chi connectivity index (χ2n) is 8.22. The Hall–Kier alpha value is -3.06. The first-order valence-electron chi connectivity index (χ1n) is 11.0. The number of pyridine rings is 1. The van der Waals surface area contributed by atoms with Gasteiger partial charge in [0, 0.05) is 43.3 Å². The van der Waals surface area contributed by atoms with Gasteiger partial charge in [0.05, 0.1) is 11.1 Å². The second-order valence-corrected chi connectivity index (χ2v) is 8.22. The van der Waals surface area contributed by atoms with Crippen LogP contribution in [0.2, 0.25) is 0 Å². The maximum atomic E-state index is 12.9. The van der Waals surface area contributed by atoms with E-state index in [0.717, 1.165) is 29.7 Å². The zero-order chi connectivity index (χ0) is 21.6. The van der Waals surface area contributed by atoms with Crippen molar-refractivity contribution in [2.24, 2.45) is 0 Å². The lowest BCUT2D eigenvalue weighted by atomic mass is 10.0. The predicted octanol–water partition coefficient (Wildman–Crippen LogP) is 2.37. The normalized spacial score (nSPS) is 17.0. The lowest BCUT2D eigenvalue weighted by Gasteiger charge is -2.33. The molecule has 4 rings (SSSR count). The molecule has 3 aromatic rings. The molecular formula is C24H29N5O2. The Morgan fingerprint density at radius 1 is 1.13 bits per heavy atom. The van der Waals surface area contributed by atoms with E-state index in [2.05, 4.69) is 27.2 Å². The molecule has 1 aliphatic rings. The maximum Gasteiger partial charge on any atom is 0.275 e. The molecule has 7 heteroatoms. The van der Waals surface area contributed by atoms with Gasteiger partial charge in [0.1, 0.15) is 6.54 Å². The van der Waals surface area contributed by atoms with E-state index >= 15 is 0 Å². The third-order valence-corrected chi connectivity index (χ3v) is 6.02. The molecule has 1 unspecified atom stereocenters. The fourth-order valence-corrected chi connectivity index (χ4v) is 4.26. The number of nitrogens with one attached hydrogen (secondary N) is 1. The minimum absolute atomic E-state index is 0.0808. The molecule has 1 amide bonds. The predicted molar refractivity (Wildman–Crippen MR) is 121 cm³/mol. The number of piperidine rings is 1. The number of carbonyl (C=O) groups is 1. The van der Waals surface area contributed by atoms with Crippen molar-refractivity contribution < 1.29 is 4.79 Å². The monoisotopic (exact) mass is 419 g/mol. The largest absolute Gasteiger partial charge is 0.353 e. The molecule has 2 aromatic heterocycles. The highest BCUT2D eigenvalue weighted by Gasteiger charge is 2.18. The molecule has 1 aliphatic heterocycles. The van der Waals surface area contributed by atoms with Crippen LogP contribution in [0.15, 0.2) is 53.6 Å². The van der Waals surface area contributed by atoms with Gasteiger partial charge < -0.3 is 5.32 Å². The van der Waals surface area contributed by atoms with Crippen molar-refractivity contribution in [2.75, 3.05) is 19.6 Å². The van der Waals surface area contributed by atoms with E-state index < -0.39 is 0 Å². The Balaban J connectivity index is 1.48. The molecule has 1 N–H and O–H groups in total. The summed E-state index contributed by atoms with van der Waals surface area (Å²) in [5.41, 5.74) is 1.59. The molecule has 0 aliphatic carbocycles. The zero-order valence-electron chi connectivity index (χ0n) is 18.0. The summed E-state index contributed by atoms with van der Waals surface area (Å²) in [5, 5.41) is 8.91. The first-order valence-corrected chi connectivity index (χ1v) is 11.0. The standard InChI is InChI=1S/C24H29N5O2/c1-18-6-4-5-14-28(18)15-13-26-23(30)17-29-24(31)21-8-3-2-7-20(21)22(27-29)16-19-9-11-25-12-10-19/h2-3,7-12,18H,4-6,13-17H2,1H3,(H,26,30). The van der Waals surface area contributed by atoms with Gasteiger partial charge in [-0.15, -0.1) is 0 Å². The van der Waals surface area contributed by atoms with Gasteiger partial charge in [-0.1, -0.05) is 24.6 Å². The molecule has 0 radical (unpaired) electrons. The van der Waals surface area contributed by atoms with E-state index in [1.165, 1.54) is 23.9 Å². The Morgan fingerprint density at radius 2 is 1.90 bits per heavy atom. The van der Waals surface area contributed by atoms with E-state index in [9.17, 15) is 9.59 Å². The van der Waals surface area contributed by atoms with Crippen LogP contribution in [0.3, 0.4) is 0 Å². The smallest absolute Gasteiger partial charge is 0.275 e. The van der Waals surface area contributed by atoms with Crippen LogP contribution in [0, 0.1) is 0 Å². The van der Waals surface area contributed by atoms with Crippen LogP contribution in [-0.4, -0.2) is 51.2 Å². The van der Waals surface area contributed by atoms with E-state index in [4.69, 9.17) is 0 Å². The number of fused-ring (bicyclic) bond motifs is 1. The molecule has 1 fully saturated rings. The molecule has 7 nitrogen and oxygen atoms in total. The number of hydrogen-bond donors (Lipinski definition) is 1. The second kappa shape index (κ2) is 9.83. The number of carbonyl (C=O) groups excluding carboxylic acids is 1. The number of amides is 1. The SMILES string of the molecule is CC1CCCCN1CCNC(=O)Cn1nc(Cc2ccncc2)c2ccccc2c1=O. The molecule has 3 heterocycles. The Morgan fingerprint density at radius 3 is 2.68 bits per heavy atom. The van der Waals surface area contributed by atoms with Gasteiger partial charge >= 0.3 is 0 Å². The molecule has 1 atom stereocenters. The molecule has 162 valence electrons. The minimum Gasteiger partial charge on any atom is -0.353 e. The van der Waals surface area contributed by atoms with Crippen molar-refractivity contribution >= 4 is 16.7 Å². The van der Waals surface area contributed by atoms with Gasteiger partial charge in [-0.2, -0.15) is 5.10 Å². The van der Waals surface area contributed by atoms with Gasteiger partial charge in [-0.25, -0.2) is 4.68 Å². The van der Waals surface area contributed by atoms with E-state index in [1.807, 2.05) is 30.3 Å². The molecule has 0 spiro atoms. The van der Waals surface area contributed by atoms with Gasteiger partial charge in [-0.05, 0) is 50.1 Å². The Bertz CT molecular complexity index is 1100. The van der Waals surface area contributed by atoms with Crippen molar-refractivity contribution in [2.45, 2.75) is 45.2 Å². The lowest BCUT2D eigenvalue weighted by Crippen LogP contribution is -2.43. The first kappa shape index (κ1) is 21.2. The van der Waals surface area contributed by atoms with E-state index in [0.29, 0.717) is 24.4 Å². The number of rotatable bonds is 7. The number of nitrogens with zero attached hydrogens (tertiary/aromatic N) is 4. The molecule has 1 saturated heterocycles. The van der Waals surface area contributed by atoms with Gasteiger partial charge in [-0.3, -0.25) is 19.5 Å². The van der Waals surface area contributed by atoms with Crippen molar-refractivity contribution in [3.63, 3.8) is 0 Å². The molecule has 1 aromatic carbocycles. The van der Waals surface area contributed by atoms with Gasteiger partial charge in [0.2, 0.25) is 5.91 Å². The van der Waals surface area contributed by atoms with Crippen LogP contribution in [0.5, 0.6) is 0 Å².